The molecule has 2 aromatic rings. The minimum Gasteiger partial charge on any atom is -0.493 e. The zero-order valence-electron chi connectivity index (χ0n) is 36.9. The van der Waals surface area contributed by atoms with Crippen molar-refractivity contribution < 1.29 is 37.8 Å². The van der Waals surface area contributed by atoms with Gasteiger partial charge in [0.2, 0.25) is 11.8 Å². The zero-order chi connectivity index (χ0) is 44.4. The van der Waals surface area contributed by atoms with Crippen molar-refractivity contribution in [1.29, 1.82) is 0 Å². The number of hydrogen-bond donors (Lipinski definition) is 4. The van der Waals surface area contributed by atoms with Gasteiger partial charge in [-0.3, -0.25) is 14.4 Å². The van der Waals surface area contributed by atoms with Crippen molar-refractivity contribution in [3.8, 4) is 28.2 Å². The van der Waals surface area contributed by atoms with Crippen LogP contribution in [-0.4, -0.2) is 86.4 Å². The Labute approximate surface area is 368 Å². The number of rotatable bonds is 22. The van der Waals surface area contributed by atoms with Crippen LogP contribution in [0.2, 0.25) is 0 Å². The predicted molar refractivity (Wildman–Crippen MR) is 243 cm³/mol. The van der Waals surface area contributed by atoms with Gasteiger partial charge in [0, 0.05) is 76.4 Å². The van der Waals surface area contributed by atoms with E-state index in [1.165, 1.54) is 12.1 Å². The molecule has 3 heterocycles. The summed E-state index contributed by atoms with van der Waals surface area (Å²) in [7, 11) is 0. The Bertz CT molecular complexity index is 2240. The van der Waals surface area contributed by atoms with Crippen molar-refractivity contribution in [3.05, 3.63) is 76.5 Å². The molecule has 4 aliphatic rings. The van der Waals surface area contributed by atoms with Gasteiger partial charge in [0.15, 0.2) is 5.43 Å². The molecule has 4 amide bonds. The lowest BCUT2D eigenvalue weighted by Crippen LogP contribution is -2.40. The lowest BCUT2D eigenvalue weighted by molar-refractivity contribution is -0.122. The van der Waals surface area contributed by atoms with Crippen LogP contribution in [0.3, 0.4) is 0 Å². The van der Waals surface area contributed by atoms with Gasteiger partial charge in [-0.2, -0.15) is 11.8 Å². The first-order chi connectivity index (χ1) is 29.6. The molecule has 1 aliphatic carbocycles. The SMILES string of the molecule is CC(C)COC(=O)c1ccccc1-c1c2ccc(=O)cc-2oc2cc(OCCCC(=O)NCC(C)(C)COCC(C)(C)CNC(=O)CCCCC3SCC4NC(=O)NC43)ccc12. The second kappa shape index (κ2) is 20.9. The van der Waals surface area contributed by atoms with Gasteiger partial charge < -0.3 is 39.9 Å². The highest BCUT2D eigenvalue weighted by Crippen LogP contribution is 2.42. The number of ether oxygens (including phenoxy) is 3. The molecule has 3 atom stereocenters. The lowest BCUT2D eigenvalue weighted by atomic mass is 9.91. The van der Waals surface area contributed by atoms with Crippen molar-refractivity contribution in [2.24, 2.45) is 16.7 Å². The van der Waals surface area contributed by atoms with E-state index >= 15 is 0 Å². The quantitative estimate of drug-likeness (QED) is 0.0267. The van der Waals surface area contributed by atoms with Crippen molar-refractivity contribution in [3.63, 3.8) is 0 Å². The molecule has 3 aliphatic heterocycles. The number of amides is 4. The average Bonchev–Trinajstić information content (AvgIpc) is 3.79. The van der Waals surface area contributed by atoms with E-state index in [4.69, 9.17) is 18.6 Å². The largest absolute Gasteiger partial charge is 0.493 e. The predicted octanol–water partition coefficient (Wildman–Crippen LogP) is 7.56. The number of carbonyl (C=O) groups excluding carboxylic acids is 4. The zero-order valence-corrected chi connectivity index (χ0v) is 37.7. The van der Waals surface area contributed by atoms with Gasteiger partial charge in [-0.15, -0.1) is 0 Å². The highest BCUT2D eigenvalue weighted by molar-refractivity contribution is 8.00. The fraction of sp³-hybridized carbons (Fsp3) is 0.521. The minimum absolute atomic E-state index is 0.0373. The number of thioether (sulfide) groups is 1. The number of urea groups is 1. The number of fused-ring (bicyclic) bond motifs is 3. The Hall–Kier alpha value is -5.08. The summed E-state index contributed by atoms with van der Waals surface area (Å²) in [6, 6.07) is 17.7. The van der Waals surface area contributed by atoms with Gasteiger partial charge >= 0.3 is 12.0 Å². The molecular formula is C48H62N4O9S. The van der Waals surface area contributed by atoms with Gasteiger partial charge in [0.1, 0.15) is 17.1 Å². The summed E-state index contributed by atoms with van der Waals surface area (Å²) < 4.78 is 24.0. The first-order valence-electron chi connectivity index (χ1n) is 21.8. The summed E-state index contributed by atoms with van der Waals surface area (Å²) in [6.07, 6.45) is 3.99. The smallest absolute Gasteiger partial charge is 0.338 e. The molecule has 2 aromatic carbocycles. The molecule has 14 heteroatoms. The van der Waals surface area contributed by atoms with Crippen molar-refractivity contribution >= 4 is 46.5 Å². The third-order valence-corrected chi connectivity index (χ3v) is 12.5. The highest BCUT2D eigenvalue weighted by Gasteiger charge is 2.42. The van der Waals surface area contributed by atoms with Gasteiger partial charge in [-0.05, 0) is 61.1 Å². The Morgan fingerprint density at radius 3 is 2.29 bits per heavy atom. The van der Waals surface area contributed by atoms with Gasteiger partial charge in [-0.1, -0.05) is 66.2 Å². The summed E-state index contributed by atoms with van der Waals surface area (Å²) in [4.78, 5) is 62.6. The minimum atomic E-state index is -0.424. The summed E-state index contributed by atoms with van der Waals surface area (Å²) in [5, 5.41) is 13.2. The van der Waals surface area contributed by atoms with Crippen LogP contribution < -0.4 is 31.4 Å². The van der Waals surface area contributed by atoms with E-state index in [2.05, 4.69) is 35.1 Å². The molecule has 6 rings (SSSR count). The average molecular weight is 871 g/mol. The van der Waals surface area contributed by atoms with Crippen LogP contribution in [0.1, 0.15) is 90.4 Å². The van der Waals surface area contributed by atoms with E-state index in [9.17, 15) is 24.0 Å². The van der Waals surface area contributed by atoms with Crippen molar-refractivity contribution in [2.45, 2.75) is 97.4 Å². The molecule has 2 saturated heterocycles. The molecule has 2 fully saturated rings. The second-order valence-corrected chi connectivity index (χ2v) is 19.8. The highest BCUT2D eigenvalue weighted by atomic mass is 32.2. The standard InChI is InChI=1S/C48H62N4O9S/c1-30(2)24-60-45(56)34-13-8-7-12-33(34)43-35-19-17-31(53)22-38(35)61-39-23-32(18-20-36(39)43)59-21-11-16-42(55)50-27-48(5,6)29-58-28-47(3,4)26-49-41(54)15-10-9-14-40-44-37(25-62-40)51-46(57)52-44/h7-8,12-13,17-20,22-23,30,37,40,44H,9-11,14-16,21,24-29H2,1-6H3,(H,49,54)(H,50,55)(H2,51,52,57). The molecule has 13 nitrogen and oxygen atoms in total. The summed E-state index contributed by atoms with van der Waals surface area (Å²) in [6.45, 7) is 14.6. The molecule has 0 saturated carbocycles. The van der Waals surface area contributed by atoms with Crippen LogP contribution in [0.4, 0.5) is 4.79 Å². The monoisotopic (exact) mass is 870 g/mol. The normalized spacial score (nSPS) is 17.5. The summed E-state index contributed by atoms with van der Waals surface area (Å²) >= 11 is 1.89. The first-order valence-corrected chi connectivity index (χ1v) is 22.8. The van der Waals surface area contributed by atoms with E-state index in [0.29, 0.717) is 91.4 Å². The van der Waals surface area contributed by atoms with Crippen LogP contribution in [-0.2, 0) is 19.1 Å². The number of esters is 1. The van der Waals surface area contributed by atoms with E-state index < -0.39 is 5.97 Å². The van der Waals surface area contributed by atoms with E-state index in [1.54, 1.807) is 24.3 Å². The van der Waals surface area contributed by atoms with Crippen molar-refractivity contribution in [2.75, 3.05) is 45.3 Å². The lowest BCUT2D eigenvalue weighted by Gasteiger charge is -2.29. The van der Waals surface area contributed by atoms with Gasteiger partial charge in [0.25, 0.3) is 0 Å². The molecule has 0 aromatic heterocycles. The molecule has 3 unspecified atom stereocenters. The van der Waals surface area contributed by atoms with Crippen LogP contribution in [0, 0.1) is 16.7 Å². The molecule has 0 radical (unpaired) electrons. The molecule has 0 bridgehead atoms. The van der Waals surface area contributed by atoms with Crippen LogP contribution in [0.15, 0.2) is 69.9 Å². The van der Waals surface area contributed by atoms with E-state index in [-0.39, 0.29) is 58.5 Å². The number of benzene rings is 3. The maximum Gasteiger partial charge on any atom is 0.338 e. The number of unbranched alkanes of at least 4 members (excludes halogenated alkanes) is 1. The van der Waals surface area contributed by atoms with Crippen LogP contribution in [0.5, 0.6) is 5.75 Å². The van der Waals surface area contributed by atoms with Gasteiger partial charge in [-0.25, -0.2) is 9.59 Å². The summed E-state index contributed by atoms with van der Waals surface area (Å²) in [5.74, 6) is 1.58. The summed E-state index contributed by atoms with van der Waals surface area (Å²) in [5.41, 5.74) is 2.24. The molecular weight excluding hydrogens is 809 g/mol. The van der Waals surface area contributed by atoms with E-state index in [0.717, 1.165) is 36.0 Å². The molecule has 4 N–H and O–H groups in total. The van der Waals surface area contributed by atoms with Crippen LogP contribution in [0.25, 0.3) is 33.4 Å². The topological polar surface area (TPSA) is 174 Å². The van der Waals surface area contributed by atoms with E-state index in [1.807, 2.05) is 63.7 Å². The maximum atomic E-state index is 13.2. The number of nitrogens with one attached hydrogen (secondary N) is 4. The molecule has 0 spiro atoms. The van der Waals surface area contributed by atoms with Crippen LogP contribution >= 0.6 is 11.8 Å². The Kier molecular flexibility index (Phi) is 15.6. The Morgan fingerprint density at radius 2 is 1.56 bits per heavy atom. The fourth-order valence-corrected chi connectivity index (χ4v) is 9.23. The number of hydrogen-bond acceptors (Lipinski definition) is 10. The second-order valence-electron chi connectivity index (χ2n) is 18.5. The molecule has 334 valence electrons. The van der Waals surface area contributed by atoms with Gasteiger partial charge in [0.05, 0.1) is 44.1 Å². The third-order valence-electron chi connectivity index (χ3n) is 11.0. The molecule has 62 heavy (non-hydrogen) atoms. The Morgan fingerprint density at radius 1 is 0.855 bits per heavy atom. The van der Waals surface area contributed by atoms with Crippen molar-refractivity contribution in [1.82, 2.24) is 21.3 Å². The fourth-order valence-electron chi connectivity index (χ4n) is 7.69. The maximum absolute atomic E-state index is 13.2. The first kappa shape index (κ1) is 46.4. The Balaban J connectivity index is 0.915. The number of carbonyl (C=O) groups is 4. The third kappa shape index (κ3) is 12.7.